The topological polar surface area (TPSA) is 3.24 Å². The van der Waals surface area contributed by atoms with E-state index >= 15 is 0 Å². The summed E-state index contributed by atoms with van der Waals surface area (Å²) in [4.78, 5) is 2.44. The van der Waals surface area contributed by atoms with Gasteiger partial charge in [-0.2, -0.15) is 0 Å². The molecule has 0 aromatic heterocycles. The van der Waals surface area contributed by atoms with Gasteiger partial charge in [-0.05, 0) is 29.0 Å². The van der Waals surface area contributed by atoms with Crippen LogP contribution in [0.2, 0.25) is 0 Å². The first-order chi connectivity index (χ1) is 6.97. The number of hydrogen-bond acceptors (Lipinski definition) is 1. The number of benzene rings is 1. The zero-order valence-electron chi connectivity index (χ0n) is 10.2. The minimum absolute atomic E-state index is 0.265. The standard InChI is InChI=1S/C14H21N/c1-11-9-15(10-11)13-7-5-12(6-8-13)14(2,3)4/h5-8,11H,9-10H2,1-4H3. The van der Waals surface area contributed by atoms with Gasteiger partial charge in [0.25, 0.3) is 0 Å². The first-order valence-electron chi connectivity index (χ1n) is 5.82. The fraction of sp³-hybridized carbons (Fsp3) is 0.571. The molecule has 1 heterocycles. The summed E-state index contributed by atoms with van der Waals surface area (Å²) in [5.41, 5.74) is 3.06. The molecule has 82 valence electrons. The number of hydrogen-bond donors (Lipinski definition) is 0. The van der Waals surface area contributed by atoms with Gasteiger partial charge in [0.1, 0.15) is 0 Å². The van der Waals surface area contributed by atoms with Crippen LogP contribution in [0.4, 0.5) is 5.69 Å². The summed E-state index contributed by atoms with van der Waals surface area (Å²) in [6.45, 7) is 11.5. The van der Waals surface area contributed by atoms with Crippen LogP contribution in [0.5, 0.6) is 0 Å². The second-order valence-electron chi connectivity index (χ2n) is 5.81. The SMILES string of the molecule is CC1CN(c2ccc(C(C)(C)C)cc2)C1. The van der Waals surface area contributed by atoms with Crippen molar-refractivity contribution in [2.24, 2.45) is 5.92 Å². The molecule has 1 aliphatic heterocycles. The van der Waals surface area contributed by atoms with Gasteiger partial charge in [0.15, 0.2) is 0 Å². The predicted molar refractivity (Wildman–Crippen MR) is 66.5 cm³/mol. The number of nitrogens with zero attached hydrogens (tertiary/aromatic N) is 1. The minimum Gasteiger partial charge on any atom is -0.371 e. The highest BCUT2D eigenvalue weighted by molar-refractivity contribution is 5.50. The molecule has 0 atom stereocenters. The highest BCUT2D eigenvalue weighted by Crippen LogP contribution is 2.28. The molecule has 1 saturated heterocycles. The predicted octanol–water partition coefficient (Wildman–Crippen LogP) is 3.44. The van der Waals surface area contributed by atoms with Crippen molar-refractivity contribution >= 4 is 5.69 Å². The van der Waals surface area contributed by atoms with Crippen molar-refractivity contribution in [3.8, 4) is 0 Å². The lowest BCUT2D eigenvalue weighted by molar-refractivity contribution is 0.447. The number of anilines is 1. The zero-order chi connectivity index (χ0) is 11.1. The Morgan fingerprint density at radius 2 is 1.60 bits per heavy atom. The van der Waals surface area contributed by atoms with Gasteiger partial charge >= 0.3 is 0 Å². The van der Waals surface area contributed by atoms with E-state index in [1.165, 1.54) is 24.3 Å². The molecular weight excluding hydrogens is 182 g/mol. The maximum atomic E-state index is 2.44. The highest BCUT2D eigenvalue weighted by Gasteiger charge is 2.22. The van der Waals surface area contributed by atoms with E-state index in [0.29, 0.717) is 0 Å². The van der Waals surface area contributed by atoms with E-state index in [1.807, 2.05) is 0 Å². The van der Waals surface area contributed by atoms with E-state index in [2.05, 4.69) is 56.9 Å². The van der Waals surface area contributed by atoms with Crippen molar-refractivity contribution in [1.29, 1.82) is 0 Å². The van der Waals surface area contributed by atoms with Crippen LogP contribution < -0.4 is 4.90 Å². The molecule has 1 fully saturated rings. The monoisotopic (exact) mass is 203 g/mol. The maximum absolute atomic E-state index is 2.44. The lowest BCUT2D eigenvalue weighted by atomic mass is 9.87. The maximum Gasteiger partial charge on any atom is 0.0366 e. The Morgan fingerprint density at radius 3 is 2.00 bits per heavy atom. The van der Waals surface area contributed by atoms with Crippen LogP contribution in [0.25, 0.3) is 0 Å². The average molecular weight is 203 g/mol. The van der Waals surface area contributed by atoms with Crippen molar-refractivity contribution in [2.45, 2.75) is 33.1 Å². The van der Waals surface area contributed by atoms with Gasteiger partial charge in [0, 0.05) is 18.8 Å². The Morgan fingerprint density at radius 1 is 1.07 bits per heavy atom. The molecule has 1 aromatic rings. The van der Waals surface area contributed by atoms with Gasteiger partial charge in [-0.25, -0.2) is 0 Å². The van der Waals surface area contributed by atoms with Gasteiger partial charge in [0.05, 0.1) is 0 Å². The molecule has 0 bridgehead atoms. The van der Waals surface area contributed by atoms with Gasteiger partial charge in [0.2, 0.25) is 0 Å². The lowest BCUT2D eigenvalue weighted by Gasteiger charge is -2.39. The van der Waals surface area contributed by atoms with Crippen LogP contribution in [0, 0.1) is 5.92 Å². The van der Waals surface area contributed by atoms with Crippen molar-refractivity contribution in [3.05, 3.63) is 29.8 Å². The van der Waals surface area contributed by atoms with Gasteiger partial charge in [-0.15, -0.1) is 0 Å². The smallest absolute Gasteiger partial charge is 0.0366 e. The molecule has 2 rings (SSSR count). The molecular formula is C14H21N. The third kappa shape index (κ3) is 2.17. The molecule has 0 saturated carbocycles. The molecule has 0 amide bonds. The van der Waals surface area contributed by atoms with Crippen LogP contribution in [-0.4, -0.2) is 13.1 Å². The largest absolute Gasteiger partial charge is 0.371 e. The van der Waals surface area contributed by atoms with Crippen LogP contribution in [0.1, 0.15) is 33.3 Å². The van der Waals surface area contributed by atoms with Crippen molar-refractivity contribution in [2.75, 3.05) is 18.0 Å². The third-order valence-corrected chi connectivity index (χ3v) is 3.16. The Bertz CT molecular complexity index is 325. The first-order valence-corrected chi connectivity index (χ1v) is 5.82. The van der Waals surface area contributed by atoms with E-state index in [4.69, 9.17) is 0 Å². The molecule has 1 nitrogen and oxygen atoms in total. The van der Waals surface area contributed by atoms with E-state index < -0.39 is 0 Å². The van der Waals surface area contributed by atoms with Crippen LogP contribution in [0.15, 0.2) is 24.3 Å². The molecule has 15 heavy (non-hydrogen) atoms. The highest BCUT2D eigenvalue weighted by atomic mass is 15.2. The van der Waals surface area contributed by atoms with E-state index in [9.17, 15) is 0 Å². The van der Waals surface area contributed by atoms with E-state index in [0.717, 1.165) is 5.92 Å². The van der Waals surface area contributed by atoms with E-state index in [1.54, 1.807) is 0 Å². The molecule has 0 unspecified atom stereocenters. The first kappa shape index (κ1) is 10.5. The second-order valence-corrected chi connectivity index (χ2v) is 5.81. The average Bonchev–Trinajstić information content (AvgIpc) is 2.12. The van der Waals surface area contributed by atoms with Crippen molar-refractivity contribution in [3.63, 3.8) is 0 Å². The van der Waals surface area contributed by atoms with Crippen molar-refractivity contribution in [1.82, 2.24) is 0 Å². The summed E-state index contributed by atoms with van der Waals surface area (Å²) in [7, 11) is 0. The Balaban J connectivity index is 2.11. The quantitative estimate of drug-likeness (QED) is 0.676. The molecule has 1 aliphatic rings. The van der Waals surface area contributed by atoms with Crippen molar-refractivity contribution < 1.29 is 0 Å². The third-order valence-electron chi connectivity index (χ3n) is 3.16. The number of rotatable bonds is 1. The molecule has 0 spiro atoms. The van der Waals surface area contributed by atoms with Gasteiger partial charge in [-0.1, -0.05) is 39.8 Å². The molecule has 0 N–H and O–H groups in total. The molecule has 1 aromatic carbocycles. The lowest BCUT2D eigenvalue weighted by Crippen LogP contribution is -2.45. The fourth-order valence-corrected chi connectivity index (χ4v) is 2.08. The molecule has 0 radical (unpaired) electrons. The van der Waals surface area contributed by atoms with Crippen LogP contribution in [-0.2, 0) is 5.41 Å². The van der Waals surface area contributed by atoms with Gasteiger partial charge < -0.3 is 4.90 Å². The van der Waals surface area contributed by atoms with Gasteiger partial charge in [-0.3, -0.25) is 0 Å². The Kier molecular flexibility index (Phi) is 2.49. The molecule has 1 heteroatoms. The second kappa shape index (κ2) is 3.55. The summed E-state index contributed by atoms with van der Waals surface area (Å²) in [6, 6.07) is 9.04. The zero-order valence-corrected chi connectivity index (χ0v) is 10.2. The summed E-state index contributed by atoms with van der Waals surface area (Å²) < 4.78 is 0. The van der Waals surface area contributed by atoms with E-state index in [-0.39, 0.29) is 5.41 Å². The fourth-order valence-electron chi connectivity index (χ4n) is 2.08. The summed E-state index contributed by atoms with van der Waals surface area (Å²) >= 11 is 0. The van der Waals surface area contributed by atoms with Crippen LogP contribution >= 0.6 is 0 Å². The Hall–Kier alpha value is -0.980. The summed E-state index contributed by atoms with van der Waals surface area (Å²) in [5, 5.41) is 0. The summed E-state index contributed by atoms with van der Waals surface area (Å²) in [5.74, 6) is 0.868. The normalized spacial score (nSPS) is 17.7. The summed E-state index contributed by atoms with van der Waals surface area (Å²) in [6.07, 6.45) is 0. The van der Waals surface area contributed by atoms with Crippen LogP contribution in [0.3, 0.4) is 0 Å². The molecule has 0 aliphatic carbocycles. The Labute approximate surface area is 93.1 Å². The minimum atomic E-state index is 0.265.